The Morgan fingerprint density at radius 3 is 2.79 bits per heavy atom. The maximum absolute atomic E-state index is 12.3. The van der Waals surface area contributed by atoms with Crippen LogP contribution in [0.3, 0.4) is 0 Å². The molecule has 0 unspecified atom stereocenters. The predicted octanol–water partition coefficient (Wildman–Crippen LogP) is 1.39. The molecule has 0 spiro atoms. The summed E-state index contributed by atoms with van der Waals surface area (Å²) in [6, 6.07) is 0. The van der Waals surface area contributed by atoms with Crippen LogP contribution in [0, 0.1) is 17.3 Å². The molecule has 0 amide bonds. The summed E-state index contributed by atoms with van der Waals surface area (Å²) in [7, 11) is 0. The Morgan fingerprint density at radius 1 is 1.42 bits per heavy atom. The topological polar surface area (TPSA) is 63.6 Å². The number of fused-ring (bicyclic) bond motifs is 3. The number of ketones is 1. The van der Waals surface area contributed by atoms with Gasteiger partial charge in [0.25, 0.3) is 0 Å². The van der Waals surface area contributed by atoms with Gasteiger partial charge in [-0.2, -0.15) is 0 Å². The van der Waals surface area contributed by atoms with Gasteiger partial charge in [-0.05, 0) is 37.8 Å². The second-order valence-corrected chi connectivity index (χ2v) is 6.16. The minimum atomic E-state index is -1.24. The molecular formula is C15H18O4. The summed E-state index contributed by atoms with van der Waals surface area (Å²) in [6.07, 6.45) is 3.85. The van der Waals surface area contributed by atoms with Crippen LogP contribution in [0.4, 0.5) is 0 Å². The molecule has 0 aromatic carbocycles. The first-order valence-corrected chi connectivity index (χ1v) is 6.68. The Morgan fingerprint density at radius 2 is 2.11 bits per heavy atom. The Hall–Kier alpha value is -1.42. The summed E-state index contributed by atoms with van der Waals surface area (Å²) in [5.74, 6) is -0.829. The maximum Gasteiger partial charge on any atom is 0.334 e. The van der Waals surface area contributed by atoms with Crippen molar-refractivity contribution in [2.45, 2.75) is 38.4 Å². The van der Waals surface area contributed by atoms with Gasteiger partial charge in [-0.25, -0.2) is 4.79 Å². The highest BCUT2D eigenvalue weighted by atomic mass is 16.6. The molecule has 0 radical (unpaired) electrons. The van der Waals surface area contributed by atoms with Gasteiger partial charge in [-0.1, -0.05) is 13.5 Å². The molecule has 1 heterocycles. The van der Waals surface area contributed by atoms with E-state index < -0.39 is 23.1 Å². The molecule has 0 aromatic heterocycles. The van der Waals surface area contributed by atoms with Crippen molar-refractivity contribution in [1.29, 1.82) is 0 Å². The Bertz CT molecular complexity index is 520. The van der Waals surface area contributed by atoms with Gasteiger partial charge in [0.05, 0.1) is 0 Å². The quantitative estimate of drug-likeness (QED) is 0.529. The van der Waals surface area contributed by atoms with Gasteiger partial charge >= 0.3 is 5.97 Å². The number of ether oxygens (including phenoxy) is 1. The number of allylic oxidation sites excluding steroid dienone is 1. The van der Waals surface area contributed by atoms with Crippen molar-refractivity contribution in [3.8, 4) is 0 Å². The third-order valence-electron chi connectivity index (χ3n) is 5.37. The molecule has 3 aliphatic rings. The smallest absolute Gasteiger partial charge is 0.334 e. The zero-order valence-electron chi connectivity index (χ0n) is 11.2. The zero-order valence-corrected chi connectivity index (χ0v) is 11.2. The largest absolute Gasteiger partial charge is 0.457 e. The molecule has 19 heavy (non-hydrogen) atoms. The van der Waals surface area contributed by atoms with Crippen LogP contribution in [0.1, 0.15) is 26.7 Å². The molecule has 5 atom stereocenters. The van der Waals surface area contributed by atoms with Gasteiger partial charge in [-0.3, -0.25) is 4.79 Å². The number of hydrogen-bond donors (Lipinski definition) is 1. The molecule has 0 aromatic rings. The van der Waals surface area contributed by atoms with Crippen LogP contribution in [0.5, 0.6) is 0 Å². The van der Waals surface area contributed by atoms with E-state index in [1.165, 1.54) is 6.08 Å². The van der Waals surface area contributed by atoms with E-state index in [1.54, 1.807) is 13.0 Å². The van der Waals surface area contributed by atoms with E-state index in [-0.39, 0.29) is 17.6 Å². The third-order valence-corrected chi connectivity index (χ3v) is 5.37. The Labute approximate surface area is 112 Å². The van der Waals surface area contributed by atoms with E-state index in [0.29, 0.717) is 5.57 Å². The molecule has 1 aliphatic heterocycles. The van der Waals surface area contributed by atoms with Crippen molar-refractivity contribution in [1.82, 2.24) is 0 Å². The number of rotatable bonds is 0. The summed E-state index contributed by atoms with van der Waals surface area (Å²) in [4.78, 5) is 24.1. The Kier molecular flexibility index (Phi) is 2.37. The number of carbonyl (C=O) groups is 2. The van der Waals surface area contributed by atoms with Crippen molar-refractivity contribution in [2.75, 3.05) is 0 Å². The van der Waals surface area contributed by atoms with Gasteiger partial charge in [0.1, 0.15) is 17.1 Å². The van der Waals surface area contributed by atoms with Crippen LogP contribution >= 0.6 is 0 Å². The molecule has 1 saturated heterocycles. The summed E-state index contributed by atoms with van der Waals surface area (Å²) in [5.41, 5.74) is -1.90. The average Bonchev–Trinajstić information content (AvgIpc) is 2.76. The Balaban J connectivity index is 2.16. The van der Waals surface area contributed by atoms with Crippen LogP contribution in [0.2, 0.25) is 0 Å². The lowest BCUT2D eigenvalue weighted by Crippen LogP contribution is -2.56. The van der Waals surface area contributed by atoms with E-state index in [1.807, 2.05) is 6.92 Å². The molecule has 4 heteroatoms. The number of carbonyl (C=O) groups excluding carboxylic acids is 2. The van der Waals surface area contributed by atoms with Crippen molar-refractivity contribution >= 4 is 11.8 Å². The van der Waals surface area contributed by atoms with Gasteiger partial charge < -0.3 is 9.84 Å². The molecule has 3 rings (SSSR count). The number of aliphatic hydroxyl groups is 1. The highest BCUT2D eigenvalue weighted by Crippen LogP contribution is 2.56. The van der Waals surface area contributed by atoms with Crippen LogP contribution in [-0.4, -0.2) is 28.6 Å². The van der Waals surface area contributed by atoms with Crippen LogP contribution < -0.4 is 0 Å². The fraction of sp³-hybridized carbons (Fsp3) is 0.600. The first kappa shape index (κ1) is 12.6. The average molecular weight is 262 g/mol. The van der Waals surface area contributed by atoms with Crippen molar-refractivity contribution in [3.63, 3.8) is 0 Å². The van der Waals surface area contributed by atoms with Crippen molar-refractivity contribution < 1.29 is 19.4 Å². The summed E-state index contributed by atoms with van der Waals surface area (Å²) >= 11 is 0. The zero-order chi connectivity index (χ0) is 14.0. The molecule has 4 nitrogen and oxygen atoms in total. The molecule has 1 N–H and O–H groups in total. The number of hydrogen-bond acceptors (Lipinski definition) is 4. The highest BCUT2D eigenvalue weighted by molar-refractivity contribution is 6.01. The fourth-order valence-electron chi connectivity index (χ4n) is 3.89. The van der Waals surface area contributed by atoms with Gasteiger partial charge in [0.2, 0.25) is 0 Å². The van der Waals surface area contributed by atoms with E-state index in [0.717, 1.165) is 12.8 Å². The first-order chi connectivity index (χ1) is 8.82. The normalized spacial score (nSPS) is 48.8. The molecule has 0 bridgehead atoms. The van der Waals surface area contributed by atoms with Crippen LogP contribution in [0.25, 0.3) is 0 Å². The number of esters is 1. The monoisotopic (exact) mass is 262 g/mol. The first-order valence-electron chi connectivity index (χ1n) is 6.68. The molecule has 1 saturated carbocycles. The summed E-state index contributed by atoms with van der Waals surface area (Å²) in [6.45, 7) is 7.44. The van der Waals surface area contributed by atoms with Crippen LogP contribution in [0.15, 0.2) is 24.3 Å². The van der Waals surface area contributed by atoms with Gasteiger partial charge in [0.15, 0.2) is 5.78 Å². The van der Waals surface area contributed by atoms with E-state index in [9.17, 15) is 14.7 Å². The maximum atomic E-state index is 12.3. The summed E-state index contributed by atoms with van der Waals surface area (Å²) < 4.78 is 5.40. The van der Waals surface area contributed by atoms with E-state index in [2.05, 4.69) is 6.58 Å². The lowest BCUT2D eigenvalue weighted by molar-refractivity contribution is -0.165. The minimum Gasteiger partial charge on any atom is -0.457 e. The van der Waals surface area contributed by atoms with Crippen molar-refractivity contribution in [2.24, 2.45) is 17.3 Å². The molecule has 2 aliphatic carbocycles. The second-order valence-electron chi connectivity index (χ2n) is 6.16. The standard InChI is InChI=1S/C15H18O4/c1-8-4-5-10-9(2)13(17)19-12(10)14(3)11(16)6-7-15(8,14)18/h6-8,10,12,18H,2,4-5H2,1,3H3/t8-,10-,12+,14+,15+/m0/s1. The lowest BCUT2D eigenvalue weighted by atomic mass is 9.65. The molecule has 102 valence electrons. The van der Waals surface area contributed by atoms with E-state index in [4.69, 9.17) is 4.74 Å². The molecular weight excluding hydrogens is 244 g/mol. The SMILES string of the molecule is C=C1C(=O)O[C@@H]2[C@H]1CC[C@H](C)[C@]1(O)C=CC(=O)[C@]21C. The van der Waals surface area contributed by atoms with Gasteiger partial charge in [0, 0.05) is 11.5 Å². The second kappa shape index (κ2) is 3.57. The fourth-order valence-corrected chi connectivity index (χ4v) is 3.89. The van der Waals surface area contributed by atoms with Crippen molar-refractivity contribution in [3.05, 3.63) is 24.3 Å². The molecule has 2 fully saturated rings. The highest BCUT2D eigenvalue weighted by Gasteiger charge is 2.66. The summed E-state index contributed by atoms with van der Waals surface area (Å²) in [5, 5.41) is 11.0. The van der Waals surface area contributed by atoms with Gasteiger partial charge in [-0.15, -0.1) is 0 Å². The third kappa shape index (κ3) is 1.27. The minimum absolute atomic E-state index is 0.0581. The van der Waals surface area contributed by atoms with Crippen LogP contribution in [-0.2, 0) is 14.3 Å². The predicted molar refractivity (Wildman–Crippen MR) is 68.1 cm³/mol. The lowest BCUT2D eigenvalue weighted by Gasteiger charge is -2.43. The van der Waals surface area contributed by atoms with E-state index >= 15 is 0 Å².